The van der Waals surface area contributed by atoms with Crippen LogP contribution < -0.4 is 10.6 Å². The van der Waals surface area contributed by atoms with Gasteiger partial charge in [0.25, 0.3) is 6.43 Å². The van der Waals surface area contributed by atoms with Gasteiger partial charge in [0.05, 0.1) is 11.8 Å². The number of aromatic nitrogens is 1. The summed E-state index contributed by atoms with van der Waals surface area (Å²) in [6.07, 6.45) is 3.21. The lowest BCUT2D eigenvalue weighted by Crippen LogP contribution is -2.24. The van der Waals surface area contributed by atoms with E-state index in [-0.39, 0.29) is 11.3 Å². The van der Waals surface area contributed by atoms with Crippen LogP contribution in [0.25, 0.3) is 12.2 Å². The van der Waals surface area contributed by atoms with Gasteiger partial charge in [0.1, 0.15) is 18.2 Å². The van der Waals surface area contributed by atoms with Gasteiger partial charge in [-0.15, -0.1) is 0 Å². The number of alkyl halides is 2. The number of hydrogen-bond donors (Lipinski definition) is 1. The number of nitrogens with zero attached hydrogens (tertiary/aromatic N) is 2. The topological polar surface area (TPSA) is 69.1 Å². The standard InChI is InChI=1S/C17H16BrF2N3O2/c1-23(2)8-11(7-21)17(24)15-4-10-3-13(25-9-16(19)20)5-12(18)6-14(10)22-15/h3-6,8,13,16,22H,9H2,1-2H3/b11-8+. The summed E-state index contributed by atoms with van der Waals surface area (Å²) in [6, 6.07) is 3.45. The number of nitriles is 1. The van der Waals surface area contributed by atoms with E-state index >= 15 is 0 Å². The maximum absolute atomic E-state index is 12.5. The third kappa shape index (κ3) is 5.11. The number of fused-ring (bicyclic) bond motifs is 1. The van der Waals surface area contributed by atoms with Crippen molar-refractivity contribution in [3.05, 3.63) is 44.7 Å². The summed E-state index contributed by atoms with van der Waals surface area (Å²) in [5, 5.41) is 10.4. The van der Waals surface area contributed by atoms with Gasteiger partial charge in [-0.1, -0.05) is 15.9 Å². The SMILES string of the molecule is CN(C)/C=C(\C#N)C(=O)c1cc2c([nH]1)=CC(Br)=CC(OCC(F)F)C=2. The number of hydrogen-bond acceptors (Lipinski definition) is 4. The molecule has 1 aromatic heterocycles. The summed E-state index contributed by atoms with van der Waals surface area (Å²) in [4.78, 5) is 17.0. The Balaban J connectivity index is 2.40. The van der Waals surface area contributed by atoms with Crippen LogP contribution in [0.1, 0.15) is 10.5 Å². The second-order valence-electron chi connectivity index (χ2n) is 5.55. The number of carbonyl (C=O) groups is 1. The number of allylic oxidation sites excluding steroid dienone is 2. The van der Waals surface area contributed by atoms with E-state index in [1.807, 2.05) is 6.07 Å². The van der Waals surface area contributed by atoms with Crippen molar-refractivity contribution in [2.75, 3.05) is 20.7 Å². The van der Waals surface area contributed by atoms with Crippen LogP contribution in [-0.2, 0) is 4.74 Å². The minimum atomic E-state index is -2.56. The van der Waals surface area contributed by atoms with Crippen LogP contribution in [0.4, 0.5) is 8.78 Å². The Morgan fingerprint density at radius 1 is 1.52 bits per heavy atom. The third-order valence-electron chi connectivity index (χ3n) is 3.24. The lowest BCUT2D eigenvalue weighted by Gasteiger charge is -2.09. The average Bonchev–Trinajstić information content (AvgIpc) is 2.84. The molecule has 2 rings (SSSR count). The first-order chi connectivity index (χ1) is 11.8. The molecule has 8 heteroatoms. The van der Waals surface area contributed by atoms with Crippen LogP contribution in [0.15, 0.2) is 28.4 Å². The van der Waals surface area contributed by atoms with Crippen LogP contribution in [-0.4, -0.2) is 48.9 Å². The minimum absolute atomic E-state index is 0.0125. The molecule has 1 aliphatic carbocycles. The second-order valence-corrected chi connectivity index (χ2v) is 6.47. The Morgan fingerprint density at radius 3 is 2.84 bits per heavy atom. The van der Waals surface area contributed by atoms with Gasteiger partial charge in [0.2, 0.25) is 5.78 Å². The number of nitrogens with one attached hydrogen (secondary N) is 1. The van der Waals surface area contributed by atoms with Crippen LogP contribution in [0.5, 0.6) is 0 Å². The van der Waals surface area contributed by atoms with Crippen molar-refractivity contribution < 1.29 is 18.3 Å². The fourth-order valence-electron chi connectivity index (χ4n) is 2.26. The largest absolute Gasteiger partial charge is 0.382 e. The number of carbonyl (C=O) groups excluding carboxylic acids is 1. The van der Waals surface area contributed by atoms with E-state index in [0.717, 1.165) is 0 Å². The zero-order valence-corrected chi connectivity index (χ0v) is 15.2. The Bertz CT molecular complexity index is 879. The smallest absolute Gasteiger partial charge is 0.261 e. The number of Topliss-reactive ketones (excluding diaryl/α,β-unsaturated/α-hetero) is 1. The second kappa shape index (κ2) is 8.23. The molecule has 0 amide bonds. The van der Waals surface area contributed by atoms with Crippen molar-refractivity contribution in [1.82, 2.24) is 9.88 Å². The molecule has 132 valence electrons. The summed E-state index contributed by atoms with van der Waals surface area (Å²) in [6.45, 7) is -0.687. The van der Waals surface area contributed by atoms with Gasteiger partial charge in [-0.2, -0.15) is 5.26 Å². The highest BCUT2D eigenvalue weighted by molar-refractivity contribution is 9.12. The summed E-state index contributed by atoms with van der Waals surface area (Å²) >= 11 is 3.32. The van der Waals surface area contributed by atoms with E-state index in [0.29, 0.717) is 15.1 Å². The number of aromatic amines is 1. The lowest BCUT2D eigenvalue weighted by molar-refractivity contribution is 0.0119. The van der Waals surface area contributed by atoms with E-state index in [9.17, 15) is 13.6 Å². The van der Waals surface area contributed by atoms with E-state index in [1.165, 1.54) is 6.20 Å². The fourth-order valence-corrected chi connectivity index (χ4v) is 2.75. The molecule has 0 spiro atoms. The molecule has 0 aromatic carbocycles. The highest BCUT2D eigenvalue weighted by atomic mass is 79.9. The van der Waals surface area contributed by atoms with Gasteiger partial charge in [-0.3, -0.25) is 4.79 Å². The maximum Gasteiger partial charge on any atom is 0.261 e. The Kier molecular flexibility index (Phi) is 6.28. The van der Waals surface area contributed by atoms with Crippen molar-refractivity contribution >= 4 is 33.9 Å². The molecule has 1 atom stereocenters. The number of H-pyrrole nitrogens is 1. The van der Waals surface area contributed by atoms with Crippen molar-refractivity contribution in [1.29, 1.82) is 5.26 Å². The maximum atomic E-state index is 12.5. The highest BCUT2D eigenvalue weighted by Gasteiger charge is 2.16. The molecule has 0 saturated carbocycles. The number of rotatable bonds is 6. The van der Waals surface area contributed by atoms with E-state index in [1.54, 1.807) is 43.3 Å². The molecule has 1 aromatic rings. The normalized spacial score (nSPS) is 16.9. The van der Waals surface area contributed by atoms with Crippen molar-refractivity contribution in [2.45, 2.75) is 12.5 Å². The number of ether oxygens (including phenoxy) is 1. The molecule has 1 unspecified atom stereocenters. The minimum Gasteiger partial charge on any atom is -0.382 e. The first-order valence-electron chi connectivity index (χ1n) is 7.33. The van der Waals surface area contributed by atoms with Gasteiger partial charge >= 0.3 is 0 Å². The zero-order valence-electron chi connectivity index (χ0n) is 13.6. The van der Waals surface area contributed by atoms with E-state index < -0.39 is 24.9 Å². The molecular formula is C17H16BrF2N3O2. The molecule has 1 N–H and O–H groups in total. The van der Waals surface area contributed by atoms with Crippen molar-refractivity contribution in [3.63, 3.8) is 0 Å². The van der Waals surface area contributed by atoms with Crippen LogP contribution in [0.3, 0.4) is 0 Å². The van der Waals surface area contributed by atoms with Crippen molar-refractivity contribution in [3.8, 4) is 6.07 Å². The Labute approximate surface area is 151 Å². The first-order valence-corrected chi connectivity index (χ1v) is 8.12. The van der Waals surface area contributed by atoms with Gasteiger partial charge in [-0.25, -0.2) is 8.78 Å². The molecule has 0 radical (unpaired) electrons. The van der Waals surface area contributed by atoms with E-state index in [4.69, 9.17) is 10.00 Å². The monoisotopic (exact) mass is 411 g/mol. The lowest BCUT2D eigenvalue weighted by atomic mass is 10.1. The summed E-state index contributed by atoms with van der Waals surface area (Å²) < 4.78 is 30.5. The fraction of sp³-hybridized carbons (Fsp3) is 0.294. The predicted octanol–water partition coefficient (Wildman–Crippen LogP) is 1.67. The Morgan fingerprint density at radius 2 is 2.24 bits per heavy atom. The summed E-state index contributed by atoms with van der Waals surface area (Å²) in [5.41, 5.74) is 0.225. The zero-order chi connectivity index (χ0) is 18.6. The molecule has 0 bridgehead atoms. The van der Waals surface area contributed by atoms with E-state index in [2.05, 4.69) is 20.9 Å². The Hall–Kier alpha value is -2.24. The molecule has 1 heterocycles. The van der Waals surface area contributed by atoms with Gasteiger partial charge < -0.3 is 14.6 Å². The highest BCUT2D eigenvalue weighted by Crippen LogP contribution is 2.13. The molecule has 0 saturated heterocycles. The molecule has 1 aliphatic rings. The molecule has 0 fully saturated rings. The van der Waals surface area contributed by atoms with Gasteiger partial charge in [-0.05, 0) is 29.5 Å². The van der Waals surface area contributed by atoms with Crippen LogP contribution in [0, 0.1) is 11.3 Å². The van der Waals surface area contributed by atoms with Crippen molar-refractivity contribution in [2.24, 2.45) is 0 Å². The predicted molar refractivity (Wildman–Crippen MR) is 93.4 cm³/mol. The van der Waals surface area contributed by atoms with Gasteiger partial charge in [0.15, 0.2) is 0 Å². The summed E-state index contributed by atoms with van der Waals surface area (Å²) in [5.74, 6) is -0.448. The number of halogens is 3. The van der Waals surface area contributed by atoms with Crippen LogP contribution >= 0.6 is 15.9 Å². The molecule has 5 nitrogen and oxygen atoms in total. The molecular weight excluding hydrogens is 396 g/mol. The third-order valence-corrected chi connectivity index (χ3v) is 3.73. The first kappa shape index (κ1) is 19.1. The average molecular weight is 412 g/mol. The molecule has 0 aliphatic heterocycles. The quantitative estimate of drug-likeness (QED) is 0.439. The van der Waals surface area contributed by atoms with Gasteiger partial charge in [0, 0.05) is 30.1 Å². The number of ketones is 1. The molecule has 25 heavy (non-hydrogen) atoms. The van der Waals surface area contributed by atoms with Crippen LogP contribution in [0.2, 0.25) is 0 Å². The summed E-state index contributed by atoms with van der Waals surface area (Å²) in [7, 11) is 3.42.